The van der Waals surface area contributed by atoms with Gasteiger partial charge in [0.25, 0.3) is 5.91 Å². The van der Waals surface area contributed by atoms with Crippen LogP contribution in [0.15, 0.2) is 30.3 Å². The van der Waals surface area contributed by atoms with Crippen LogP contribution in [-0.4, -0.2) is 21.7 Å². The lowest BCUT2D eigenvalue weighted by molar-refractivity contribution is 0.0955. The van der Waals surface area contributed by atoms with Crippen LogP contribution in [0.3, 0.4) is 0 Å². The third-order valence-electron chi connectivity index (χ3n) is 3.78. The molecule has 1 saturated carbocycles. The first-order chi connectivity index (χ1) is 10.6. The van der Waals surface area contributed by atoms with Gasteiger partial charge in [0.15, 0.2) is 0 Å². The lowest BCUT2D eigenvalue weighted by atomic mass is 10.1. The summed E-state index contributed by atoms with van der Waals surface area (Å²) in [7, 11) is 1.81. The second kappa shape index (κ2) is 4.91. The number of hydrogen-bond acceptors (Lipinski definition) is 3. The normalized spacial score (nSPS) is 14.5. The highest BCUT2D eigenvalue weighted by Crippen LogP contribution is 2.35. The maximum absolute atomic E-state index is 14.0. The van der Waals surface area contributed by atoms with Crippen molar-refractivity contribution < 1.29 is 9.18 Å². The number of benzene rings is 1. The van der Waals surface area contributed by atoms with Gasteiger partial charge in [0.1, 0.15) is 16.3 Å². The number of hydrogen-bond donors (Lipinski definition) is 1. The van der Waals surface area contributed by atoms with Crippen LogP contribution in [0, 0.1) is 5.82 Å². The quantitative estimate of drug-likeness (QED) is 0.806. The Kier molecular flexibility index (Phi) is 3.00. The van der Waals surface area contributed by atoms with E-state index in [1.807, 2.05) is 13.1 Å². The van der Waals surface area contributed by atoms with Gasteiger partial charge in [0.05, 0.1) is 4.88 Å². The van der Waals surface area contributed by atoms with Crippen molar-refractivity contribution in [2.75, 3.05) is 0 Å². The number of aromatic nitrogens is 2. The van der Waals surface area contributed by atoms with Gasteiger partial charge in [-0.2, -0.15) is 5.10 Å². The molecule has 0 aliphatic heterocycles. The number of rotatable bonds is 3. The third kappa shape index (κ3) is 2.20. The summed E-state index contributed by atoms with van der Waals surface area (Å²) in [5.41, 5.74) is 1.04. The minimum absolute atomic E-state index is 0.0526. The Balaban J connectivity index is 1.81. The molecule has 1 amide bonds. The first kappa shape index (κ1) is 13.5. The first-order valence-electron chi connectivity index (χ1n) is 7.16. The Morgan fingerprint density at radius 1 is 1.41 bits per heavy atom. The lowest BCUT2D eigenvalue weighted by Crippen LogP contribution is -2.24. The molecule has 1 aliphatic carbocycles. The number of carbonyl (C=O) groups is 1. The number of nitrogens with one attached hydrogen (secondary N) is 1. The number of fused-ring (bicyclic) bond motifs is 1. The lowest BCUT2D eigenvalue weighted by Gasteiger charge is -2.00. The zero-order valence-corrected chi connectivity index (χ0v) is 12.8. The topological polar surface area (TPSA) is 46.9 Å². The monoisotopic (exact) mass is 315 g/mol. The average molecular weight is 315 g/mol. The molecule has 0 spiro atoms. The second-order valence-corrected chi connectivity index (χ2v) is 6.56. The van der Waals surface area contributed by atoms with Gasteiger partial charge in [-0.15, -0.1) is 11.3 Å². The molecule has 6 heteroatoms. The number of aryl methyl sites for hydroxylation is 1. The predicted octanol–water partition coefficient (Wildman–Crippen LogP) is 3.33. The van der Waals surface area contributed by atoms with Crippen molar-refractivity contribution in [2.24, 2.45) is 7.05 Å². The molecule has 0 bridgehead atoms. The van der Waals surface area contributed by atoms with Crippen LogP contribution in [0.4, 0.5) is 4.39 Å². The van der Waals surface area contributed by atoms with Crippen molar-refractivity contribution in [3.05, 3.63) is 41.0 Å². The molecule has 0 saturated heterocycles. The highest BCUT2D eigenvalue weighted by atomic mass is 32.1. The van der Waals surface area contributed by atoms with E-state index in [1.54, 1.807) is 22.9 Å². The fraction of sp³-hybridized carbons (Fsp3) is 0.250. The third-order valence-corrected chi connectivity index (χ3v) is 4.98. The molecule has 2 heterocycles. The summed E-state index contributed by atoms with van der Waals surface area (Å²) in [5.74, 6) is -0.360. The molecular weight excluding hydrogens is 301 g/mol. The van der Waals surface area contributed by atoms with Crippen molar-refractivity contribution in [3.63, 3.8) is 0 Å². The summed E-state index contributed by atoms with van der Waals surface area (Å²) in [4.78, 5) is 13.7. The number of halogens is 1. The molecular formula is C16H14FN3OS. The van der Waals surface area contributed by atoms with E-state index in [0.717, 1.165) is 23.1 Å². The van der Waals surface area contributed by atoms with Crippen LogP contribution in [0.25, 0.3) is 21.5 Å². The summed E-state index contributed by atoms with van der Waals surface area (Å²) >= 11 is 1.39. The molecule has 22 heavy (non-hydrogen) atoms. The Bertz CT molecular complexity index is 879. The minimum Gasteiger partial charge on any atom is -0.349 e. The highest BCUT2D eigenvalue weighted by Gasteiger charge is 2.25. The van der Waals surface area contributed by atoms with Crippen molar-refractivity contribution >= 4 is 27.5 Å². The van der Waals surface area contributed by atoms with E-state index in [4.69, 9.17) is 0 Å². The van der Waals surface area contributed by atoms with E-state index in [1.165, 1.54) is 17.4 Å². The number of carbonyl (C=O) groups excluding carboxylic acids is 1. The van der Waals surface area contributed by atoms with E-state index in [2.05, 4.69) is 10.4 Å². The second-order valence-electron chi connectivity index (χ2n) is 5.53. The first-order valence-corrected chi connectivity index (χ1v) is 7.97. The molecule has 112 valence electrons. The van der Waals surface area contributed by atoms with Crippen LogP contribution in [0.1, 0.15) is 22.5 Å². The molecule has 3 aromatic rings. The molecule has 1 N–H and O–H groups in total. The van der Waals surface area contributed by atoms with Gasteiger partial charge in [-0.3, -0.25) is 9.48 Å². The van der Waals surface area contributed by atoms with E-state index >= 15 is 0 Å². The van der Waals surface area contributed by atoms with Crippen LogP contribution in [0.5, 0.6) is 0 Å². The Morgan fingerprint density at radius 3 is 2.91 bits per heavy atom. The zero-order chi connectivity index (χ0) is 15.3. The van der Waals surface area contributed by atoms with Crippen LogP contribution in [-0.2, 0) is 7.05 Å². The molecule has 2 aromatic heterocycles. The molecule has 1 aromatic carbocycles. The smallest absolute Gasteiger partial charge is 0.261 e. The van der Waals surface area contributed by atoms with Gasteiger partial charge in [0, 0.05) is 24.0 Å². The summed E-state index contributed by atoms with van der Waals surface area (Å²) in [6, 6.07) is 8.70. The fourth-order valence-electron chi connectivity index (χ4n) is 2.49. The Labute approximate surface area is 130 Å². The summed E-state index contributed by atoms with van der Waals surface area (Å²) in [6.07, 6.45) is 2.11. The summed E-state index contributed by atoms with van der Waals surface area (Å²) in [6.45, 7) is 0. The van der Waals surface area contributed by atoms with E-state index in [-0.39, 0.29) is 11.7 Å². The van der Waals surface area contributed by atoms with E-state index in [9.17, 15) is 9.18 Å². The molecule has 0 radical (unpaired) electrons. The van der Waals surface area contributed by atoms with Crippen molar-refractivity contribution in [2.45, 2.75) is 18.9 Å². The average Bonchev–Trinajstić information content (AvgIpc) is 3.11. The largest absolute Gasteiger partial charge is 0.349 e. The van der Waals surface area contributed by atoms with Crippen molar-refractivity contribution in [1.82, 2.24) is 15.1 Å². The fourth-order valence-corrected chi connectivity index (χ4v) is 3.46. The summed E-state index contributed by atoms with van der Waals surface area (Å²) < 4.78 is 15.7. The molecule has 1 fully saturated rings. The van der Waals surface area contributed by atoms with Gasteiger partial charge in [-0.25, -0.2) is 4.39 Å². The molecule has 4 nitrogen and oxygen atoms in total. The Morgan fingerprint density at radius 2 is 2.18 bits per heavy atom. The van der Waals surface area contributed by atoms with Crippen LogP contribution < -0.4 is 5.32 Å². The maximum Gasteiger partial charge on any atom is 0.261 e. The van der Waals surface area contributed by atoms with E-state index < -0.39 is 0 Å². The van der Waals surface area contributed by atoms with Gasteiger partial charge in [-0.1, -0.05) is 12.1 Å². The predicted molar refractivity (Wildman–Crippen MR) is 84.5 cm³/mol. The van der Waals surface area contributed by atoms with Gasteiger partial charge in [0.2, 0.25) is 0 Å². The van der Waals surface area contributed by atoms with Crippen molar-refractivity contribution in [1.29, 1.82) is 0 Å². The number of amides is 1. The van der Waals surface area contributed by atoms with Gasteiger partial charge in [-0.05, 0) is 31.0 Å². The van der Waals surface area contributed by atoms with E-state index in [0.29, 0.717) is 22.2 Å². The molecule has 4 rings (SSSR count). The Hall–Kier alpha value is -2.21. The maximum atomic E-state index is 14.0. The summed E-state index contributed by atoms with van der Waals surface area (Å²) in [5, 5.41) is 8.21. The SMILES string of the molecule is Cn1nc(-c2ccccc2F)c2cc(C(=O)NC3CC3)sc21. The zero-order valence-electron chi connectivity index (χ0n) is 12.0. The van der Waals surface area contributed by atoms with Crippen LogP contribution >= 0.6 is 11.3 Å². The van der Waals surface area contributed by atoms with Crippen molar-refractivity contribution in [3.8, 4) is 11.3 Å². The standard InChI is InChI=1S/C16H14FN3OS/c1-20-16-11(8-13(22-16)15(21)18-9-6-7-9)14(19-20)10-4-2-3-5-12(10)17/h2-5,8-9H,6-7H2,1H3,(H,18,21). The molecule has 1 aliphatic rings. The van der Waals surface area contributed by atoms with Gasteiger partial charge >= 0.3 is 0 Å². The van der Waals surface area contributed by atoms with Crippen LogP contribution in [0.2, 0.25) is 0 Å². The number of nitrogens with zero attached hydrogens (tertiary/aromatic N) is 2. The molecule has 0 unspecified atom stereocenters. The van der Waals surface area contributed by atoms with Gasteiger partial charge < -0.3 is 5.32 Å². The molecule has 0 atom stereocenters. The highest BCUT2D eigenvalue weighted by molar-refractivity contribution is 7.20. The number of thiophene rings is 1. The minimum atomic E-state index is -0.308.